The average molecular weight is 268 g/mol. The maximum Gasteiger partial charge on any atom is 0.310 e. The molecule has 1 unspecified atom stereocenters. The number of nitrogens with zero attached hydrogens (tertiary/aromatic N) is 2. The van der Waals surface area contributed by atoms with Crippen molar-refractivity contribution >= 4 is 5.97 Å². The van der Waals surface area contributed by atoms with Gasteiger partial charge in [0, 0.05) is 19.1 Å². The molecule has 0 aromatic heterocycles. The van der Waals surface area contributed by atoms with E-state index in [4.69, 9.17) is 0 Å². The van der Waals surface area contributed by atoms with Crippen LogP contribution in [0.15, 0.2) is 0 Å². The van der Waals surface area contributed by atoms with E-state index in [1.807, 2.05) is 13.8 Å². The molecule has 4 nitrogen and oxygen atoms in total. The minimum atomic E-state index is -0.620. The van der Waals surface area contributed by atoms with Gasteiger partial charge in [-0.3, -0.25) is 9.69 Å². The molecule has 1 atom stereocenters. The van der Waals surface area contributed by atoms with Crippen LogP contribution in [0.1, 0.15) is 46.0 Å². The Bertz CT molecular complexity index is 315. The number of aliphatic carboxylic acids is 1. The monoisotopic (exact) mass is 268 g/mol. The van der Waals surface area contributed by atoms with Crippen LogP contribution in [0, 0.1) is 5.41 Å². The van der Waals surface area contributed by atoms with Crippen molar-refractivity contribution in [3.8, 4) is 0 Å². The molecule has 2 saturated heterocycles. The molecule has 0 spiro atoms. The van der Waals surface area contributed by atoms with Crippen molar-refractivity contribution in [1.82, 2.24) is 9.80 Å². The zero-order chi connectivity index (χ0) is 13.9. The van der Waals surface area contributed by atoms with Crippen molar-refractivity contribution < 1.29 is 9.90 Å². The number of fused-ring (bicyclic) bond motifs is 1. The zero-order valence-corrected chi connectivity index (χ0v) is 12.4. The van der Waals surface area contributed by atoms with E-state index in [-0.39, 0.29) is 0 Å². The van der Waals surface area contributed by atoms with Crippen LogP contribution < -0.4 is 0 Å². The minimum absolute atomic E-state index is 0.548. The maximum absolute atomic E-state index is 11.6. The molecule has 0 aromatic rings. The van der Waals surface area contributed by atoms with Crippen LogP contribution in [0.5, 0.6) is 0 Å². The van der Waals surface area contributed by atoms with Gasteiger partial charge in [-0.1, -0.05) is 13.8 Å². The molecule has 0 bridgehead atoms. The molecule has 2 aliphatic rings. The Morgan fingerprint density at radius 2 is 1.89 bits per heavy atom. The lowest BCUT2D eigenvalue weighted by Crippen LogP contribution is -2.45. The van der Waals surface area contributed by atoms with Crippen molar-refractivity contribution in [2.45, 2.75) is 52.0 Å². The van der Waals surface area contributed by atoms with Crippen LogP contribution in [0.4, 0.5) is 0 Å². The van der Waals surface area contributed by atoms with Gasteiger partial charge >= 0.3 is 5.97 Å². The number of hydrogen-bond donors (Lipinski definition) is 1. The molecule has 110 valence electrons. The first-order valence-electron chi connectivity index (χ1n) is 7.81. The van der Waals surface area contributed by atoms with E-state index in [9.17, 15) is 9.90 Å². The highest BCUT2D eigenvalue weighted by molar-refractivity contribution is 5.74. The largest absolute Gasteiger partial charge is 0.481 e. The number of carboxylic acid groups (broad SMARTS) is 1. The Hall–Kier alpha value is -0.610. The zero-order valence-electron chi connectivity index (χ0n) is 12.4. The van der Waals surface area contributed by atoms with E-state index >= 15 is 0 Å². The highest BCUT2D eigenvalue weighted by Crippen LogP contribution is 2.30. The molecule has 2 rings (SSSR count). The smallest absolute Gasteiger partial charge is 0.310 e. The van der Waals surface area contributed by atoms with Crippen molar-refractivity contribution in [2.24, 2.45) is 5.41 Å². The van der Waals surface area contributed by atoms with Crippen molar-refractivity contribution in [2.75, 3.05) is 32.7 Å². The van der Waals surface area contributed by atoms with Gasteiger partial charge in [0.1, 0.15) is 0 Å². The van der Waals surface area contributed by atoms with Gasteiger partial charge in [0.05, 0.1) is 5.41 Å². The van der Waals surface area contributed by atoms with Gasteiger partial charge in [0.25, 0.3) is 0 Å². The third-order valence-electron chi connectivity index (χ3n) is 5.22. The third kappa shape index (κ3) is 3.11. The second kappa shape index (κ2) is 6.23. The highest BCUT2D eigenvalue weighted by Gasteiger charge is 2.38. The molecule has 19 heavy (non-hydrogen) atoms. The van der Waals surface area contributed by atoms with Crippen LogP contribution in [-0.4, -0.2) is 59.6 Å². The first-order chi connectivity index (χ1) is 9.11. The van der Waals surface area contributed by atoms with Crippen molar-refractivity contribution in [3.63, 3.8) is 0 Å². The van der Waals surface area contributed by atoms with Gasteiger partial charge in [-0.25, -0.2) is 0 Å². The third-order valence-corrected chi connectivity index (χ3v) is 5.22. The van der Waals surface area contributed by atoms with Crippen LogP contribution >= 0.6 is 0 Å². The molecule has 0 aliphatic carbocycles. The molecule has 2 aliphatic heterocycles. The van der Waals surface area contributed by atoms with E-state index in [2.05, 4.69) is 9.80 Å². The highest BCUT2D eigenvalue weighted by atomic mass is 16.4. The summed E-state index contributed by atoms with van der Waals surface area (Å²) in [6, 6.07) is 0.669. The Morgan fingerprint density at radius 1 is 1.21 bits per heavy atom. The summed E-state index contributed by atoms with van der Waals surface area (Å²) in [5, 5.41) is 9.58. The fourth-order valence-electron chi connectivity index (χ4n) is 3.70. The second-order valence-electron chi connectivity index (χ2n) is 6.21. The number of carboxylic acids is 1. The van der Waals surface area contributed by atoms with Gasteiger partial charge in [-0.15, -0.1) is 0 Å². The first kappa shape index (κ1) is 14.8. The SMILES string of the molecule is CCC(CC)(CN1CCCN2CCCC2C1)C(=O)O. The van der Waals surface area contributed by atoms with Gasteiger partial charge in [0.2, 0.25) is 0 Å². The fourth-order valence-corrected chi connectivity index (χ4v) is 3.70. The maximum atomic E-state index is 11.6. The number of hydrogen-bond acceptors (Lipinski definition) is 3. The fraction of sp³-hybridized carbons (Fsp3) is 0.933. The predicted molar refractivity (Wildman–Crippen MR) is 76.3 cm³/mol. The summed E-state index contributed by atoms with van der Waals surface area (Å²) in [6.07, 6.45) is 5.23. The summed E-state index contributed by atoms with van der Waals surface area (Å²) in [6.45, 7) is 9.30. The summed E-state index contributed by atoms with van der Waals surface area (Å²) in [7, 11) is 0. The van der Waals surface area contributed by atoms with Gasteiger partial charge in [-0.2, -0.15) is 0 Å². The Balaban J connectivity index is 2.02. The molecular formula is C15H28N2O2. The molecule has 0 amide bonds. The van der Waals surface area contributed by atoms with Crippen LogP contribution in [0.25, 0.3) is 0 Å². The van der Waals surface area contributed by atoms with E-state index in [1.165, 1.54) is 32.4 Å². The van der Waals surface area contributed by atoms with E-state index in [1.54, 1.807) is 0 Å². The van der Waals surface area contributed by atoms with Crippen LogP contribution in [0.3, 0.4) is 0 Å². The molecule has 2 fully saturated rings. The number of carbonyl (C=O) groups is 1. The summed E-state index contributed by atoms with van der Waals surface area (Å²) >= 11 is 0. The Labute approximate surface area is 116 Å². The summed E-state index contributed by atoms with van der Waals surface area (Å²) < 4.78 is 0. The first-order valence-corrected chi connectivity index (χ1v) is 7.81. The second-order valence-corrected chi connectivity index (χ2v) is 6.21. The van der Waals surface area contributed by atoms with Crippen molar-refractivity contribution in [1.29, 1.82) is 0 Å². The Kier molecular flexibility index (Phi) is 4.85. The van der Waals surface area contributed by atoms with E-state index in [0.29, 0.717) is 6.04 Å². The van der Waals surface area contributed by atoms with Crippen LogP contribution in [-0.2, 0) is 4.79 Å². The van der Waals surface area contributed by atoms with Gasteiger partial charge < -0.3 is 10.0 Å². The molecular weight excluding hydrogens is 240 g/mol. The van der Waals surface area contributed by atoms with Gasteiger partial charge in [0.15, 0.2) is 0 Å². The lowest BCUT2D eigenvalue weighted by atomic mass is 9.81. The minimum Gasteiger partial charge on any atom is -0.481 e. The molecule has 0 saturated carbocycles. The normalized spacial score (nSPS) is 26.1. The topological polar surface area (TPSA) is 43.8 Å². The van der Waals surface area contributed by atoms with Gasteiger partial charge in [-0.05, 0) is 51.7 Å². The predicted octanol–water partition coefficient (Wildman–Crippen LogP) is 2.05. The quantitative estimate of drug-likeness (QED) is 0.829. The summed E-state index contributed by atoms with van der Waals surface area (Å²) in [4.78, 5) is 16.6. The molecule has 2 heterocycles. The molecule has 1 N–H and O–H groups in total. The van der Waals surface area contributed by atoms with Crippen molar-refractivity contribution in [3.05, 3.63) is 0 Å². The summed E-state index contributed by atoms with van der Waals surface area (Å²) in [5.41, 5.74) is -0.548. The van der Waals surface area contributed by atoms with E-state index < -0.39 is 11.4 Å². The molecule has 0 radical (unpaired) electrons. The van der Waals surface area contributed by atoms with Crippen LogP contribution in [0.2, 0.25) is 0 Å². The molecule has 0 aromatic carbocycles. The standard InChI is InChI=1S/C15H28N2O2/c1-3-15(4-2,14(18)19)12-16-8-6-10-17-9-5-7-13(17)11-16/h13H,3-12H2,1-2H3,(H,18,19). The number of rotatable bonds is 5. The average Bonchev–Trinajstić information content (AvgIpc) is 2.74. The molecule has 4 heteroatoms. The summed E-state index contributed by atoms with van der Waals surface area (Å²) in [5.74, 6) is -0.620. The lowest BCUT2D eigenvalue weighted by molar-refractivity contribution is -0.150. The Morgan fingerprint density at radius 3 is 2.53 bits per heavy atom. The lowest BCUT2D eigenvalue weighted by Gasteiger charge is -2.34. The van der Waals surface area contributed by atoms with E-state index in [0.717, 1.165) is 32.5 Å².